The molecule has 0 spiro atoms. The number of fused-ring (bicyclic) bond motifs is 1. The highest BCUT2D eigenvalue weighted by molar-refractivity contribution is 7.07. The van der Waals surface area contributed by atoms with Crippen LogP contribution < -0.4 is 14.9 Å². The molecule has 176 valence electrons. The van der Waals surface area contributed by atoms with Crippen molar-refractivity contribution >= 4 is 46.5 Å². The summed E-state index contributed by atoms with van der Waals surface area (Å²) in [5.74, 6) is -0.147. The van der Waals surface area contributed by atoms with E-state index in [2.05, 4.69) is 4.99 Å². The van der Waals surface area contributed by atoms with Gasteiger partial charge >= 0.3 is 0 Å². The summed E-state index contributed by atoms with van der Waals surface area (Å²) < 4.78 is 1.92. The van der Waals surface area contributed by atoms with E-state index in [0.29, 0.717) is 49.3 Å². The van der Waals surface area contributed by atoms with Gasteiger partial charge in [0.2, 0.25) is 0 Å². The Kier molecular flexibility index (Phi) is 6.98. The number of thiazole rings is 1. The lowest BCUT2D eigenvalue weighted by atomic mass is 9.94. The smallest absolute Gasteiger partial charge is 0.271 e. The minimum absolute atomic E-state index is 0.0121. The number of aromatic nitrogens is 1. The van der Waals surface area contributed by atoms with Gasteiger partial charge in [-0.1, -0.05) is 46.7 Å². The number of carbonyl (C=O) groups is 1. The summed E-state index contributed by atoms with van der Waals surface area (Å²) in [6.45, 7) is 6.71. The van der Waals surface area contributed by atoms with Crippen LogP contribution in [0.15, 0.2) is 63.5 Å². The molecule has 34 heavy (non-hydrogen) atoms. The van der Waals surface area contributed by atoms with E-state index in [-0.39, 0.29) is 17.2 Å². The third-order valence-electron chi connectivity index (χ3n) is 5.76. The molecule has 0 saturated carbocycles. The molecular formula is C25H23Cl2N3O3S. The highest BCUT2D eigenvalue weighted by Crippen LogP contribution is 2.32. The monoisotopic (exact) mass is 515 g/mol. The number of rotatable bonds is 5. The maximum Gasteiger partial charge on any atom is 0.271 e. The van der Waals surface area contributed by atoms with Crippen LogP contribution in [0.25, 0.3) is 6.08 Å². The predicted octanol–water partition coefficient (Wildman–Crippen LogP) is 4.12. The first kappa shape index (κ1) is 24.3. The number of benzene rings is 2. The molecule has 0 fully saturated rings. The van der Waals surface area contributed by atoms with Crippen LogP contribution in [-0.4, -0.2) is 33.6 Å². The molecule has 1 amide bonds. The van der Waals surface area contributed by atoms with Crippen LogP contribution in [0.5, 0.6) is 5.75 Å². The van der Waals surface area contributed by atoms with E-state index in [1.165, 1.54) is 17.4 Å². The van der Waals surface area contributed by atoms with E-state index in [1.807, 2.05) is 26.0 Å². The maximum absolute atomic E-state index is 13.6. The van der Waals surface area contributed by atoms with Crippen molar-refractivity contribution in [2.45, 2.75) is 26.8 Å². The van der Waals surface area contributed by atoms with Gasteiger partial charge in [-0.2, -0.15) is 0 Å². The van der Waals surface area contributed by atoms with Gasteiger partial charge in [0.25, 0.3) is 11.5 Å². The lowest BCUT2D eigenvalue weighted by Crippen LogP contribution is -2.43. The highest BCUT2D eigenvalue weighted by atomic mass is 35.5. The molecule has 1 N–H and O–H groups in total. The van der Waals surface area contributed by atoms with Crippen LogP contribution in [0.2, 0.25) is 10.0 Å². The fourth-order valence-electron chi connectivity index (χ4n) is 4.02. The Morgan fingerprint density at radius 2 is 1.79 bits per heavy atom. The Labute approximate surface area is 210 Å². The van der Waals surface area contributed by atoms with Gasteiger partial charge in [0, 0.05) is 28.7 Å². The molecule has 9 heteroatoms. The quantitative estimate of drug-likeness (QED) is 0.555. The number of hydrogen-bond donors (Lipinski definition) is 1. The molecule has 1 aliphatic rings. The van der Waals surface area contributed by atoms with Gasteiger partial charge in [-0.3, -0.25) is 14.2 Å². The van der Waals surface area contributed by atoms with Gasteiger partial charge in [0.1, 0.15) is 5.75 Å². The molecule has 0 unspecified atom stereocenters. The van der Waals surface area contributed by atoms with Crippen LogP contribution in [0, 0.1) is 0 Å². The Balaban J connectivity index is 1.98. The third kappa shape index (κ3) is 4.43. The minimum Gasteiger partial charge on any atom is -0.507 e. The van der Waals surface area contributed by atoms with Gasteiger partial charge in [0.05, 0.1) is 21.8 Å². The zero-order valence-corrected chi connectivity index (χ0v) is 21.2. The first-order chi connectivity index (χ1) is 16.2. The molecule has 1 aliphatic heterocycles. The van der Waals surface area contributed by atoms with Crippen LogP contribution in [0.4, 0.5) is 0 Å². The number of halogens is 2. The summed E-state index contributed by atoms with van der Waals surface area (Å²) in [5.41, 5.74) is 1.90. The van der Waals surface area contributed by atoms with Gasteiger partial charge in [-0.25, -0.2) is 4.99 Å². The molecule has 0 bridgehead atoms. The lowest BCUT2D eigenvalue weighted by Gasteiger charge is -2.29. The van der Waals surface area contributed by atoms with Crippen LogP contribution >= 0.6 is 34.5 Å². The molecule has 1 aromatic heterocycles. The maximum atomic E-state index is 13.6. The zero-order chi connectivity index (χ0) is 24.6. The Bertz CT molecular complexity index is 1470. The number of aromatic hydroxyl groups is 1. The van der Waals surface area contributed by atoms with Crippen molar-refractivity contribution in [1.82, 2.24) is 9.47 Å². The topological polar surface area (TPSA) is 74.9 Å². The van der Waals surface area contributed by atoms with Crippen molar-refractivity contribution < 1.29 is 9.90 Å². The Morgan fingerprint density at radius 1 is 1.15 bits per heavy atom. The first-order valence-corrected chi connectivity index (χ1v) is 12.4. The van der Waals surface area contributed by atoms with Gasteiger partial charge < -0.3 is 10.0 Å². The fraction of sp³-hybridized carbons (Fsp3) is 0.240. The normalized spacial score (nSPS) is 15.8. The summed E-state index contributed by atoms with van der Waals surface area (Å²) in [6.07, 6.45) is 1.59. The largest absolute Gasteiger partial charge is 0.507 e. The minimum atomic E-state index is -0.656. The summed E-state index contributed by atoms with van der Waals surface area (Å²) >= 11 is 13.4. The van der Waals surface area contributed by atoms with E-state index in [0.717, 1.165) is 5.56 Å². The molecule has 0 radical (unpaired) electrons. The van der Waals surface area contributed by atoms with Gasteiger partial charge in [-0.15, -0.1) is 0 Å². The number of amides is 1. The average Bonchev–Trinajstić information content (AvgIpc) is 3.11. The molecule has 2 heterocycles. The molecule has 6 nitrogen and oxygen atoms in total. The molecule has 0 saturated heterocycles. The Morgan fingerprint density at radius 3 is 2.44 bits per heavy atom. The Hall–Kier alpha value is -2.87. The summed E-state index contributed by atoms with van der Waals surface area (Å²) in [7, 11) is 0. The molecule has 1 atom stereocenters. The molecular weight excluding hydrogens is 493 g/mol. The highest BCUT2D eigenvalue weighted by Gasteiger charge is 2.34. The number of allylic oxidation sites excluding steroid dienone is 1. The second-order valence-electron chi connectivity index (χ2n) is 7.81. The summed E-state index contributed by atoms with van der Waals surface area (Å²) in [5, 5.41) is 11.2. The zero-order valence-electron chi connectivity index (χ0n) is 18.9. The molecule has 3 aromatic rings. The number of phenols is 1. The predicted molar refractivity (Wildman–Crippen MR) is 136 cm³/mol. The van der Waals surface area contributed by atoms with E-state index in [9.17, 15) is 14.7 Å². The van der Waals surface area contributed by atoms with Gasteiger partial charge in [-0.05, 0) is 62.7 Å². The number of likely N-dealkylation sites (N-methyl/N-ethyl adjacent to an activating group) is 1. The van der Waals surface area contributed by atoms with Crippen molar-refractivity contribution in [3.63, 3.8) is 0 Å². The SMILES string of the molecule is CCN(CC)C(=O)C1=C(C)N=c2s/c(=C/c3cc(Cl)ccc3O)c(=O)n2[C@H]1c1ccc(Cl)cc1. The van der Waals surface area contributed by atoms with Crippen molar-refractivity contribution in [3.8, 4) is 5.75 Å². The van der Waals surface area contributed by atoms with E-state index in [1.54, 1.807) is 46.7 Å². The summed E-state index contributed by atoms with van der Waals surface area (Å²) in [6, 6.07) is 11.1. The lowest BCUT2D eigenvalue weighted by molar-refractivity contribution is -0.127. The number of hydrogen-bond acceptors (Lipinski definition) is 5. The first-order valence-electron chi connectivity index (χ1n) is 10.8. The van der Waals surface area contributed by atoms with Crippen molar-refractivity contribution in [2.75, 3.05) is 13.1 Å². The van der Waals surface area contributed by atoms with Crippen molar-refractivity contribution in [2.24, 2.45) is 4.99 Å². The van der Waals surface area contributed by atoms with E-state index in [4.69, 9.17) is 23.2 Å². The average molecular weight is 516 g/mol. The van der Waals surface area contributed by atoms with Crippen LogP contribution in [0.3, 0.4) is 0 Å². The van der Waals surface area contributed by atoms with Crippen LogP contribution in [-0.2, 0) is 4.79 Å². The number of carbonyl (C=O) groups excluding carboxylic acids is 1. The van der Waals surface area contributed by atoms with Crippen molar-refractivity contribution in [1.29, 1.82) is 0 Å². The number of nitrogens with zero attached hydrogens (tertiary/aromatic N) is 3. The molecule has 2 aromatic carbocycles. The van der Waals surface area contributed by atoms with Gasteiger partial charge in [0.15, 0.2) is 4.80 Å². The summed E-state index contributed by atoms with van der Waals surface area (Å²) in [4.78, 5) is 34.0. The second kappa shape index (κ2) is 9.78. The standard InChI is InChI=1S/C25H23Cl2N3O3S/c1-4-29(5-2)24(33)21-14(3)28-25-30(22(21)15-6-8-17(26)9-7-15)23(32)20(34-25)13-16-12-18(27)10-11-19(16)31/h6-13,22,31H,4-5H2,1-3H3/b20-13+/t22-/m0/s1. The number of phenolic OH excluding ortho intramolecular Hbond substituents is 1. The third-order valence-corrected chi connectivity index (χ3v) is 7.23. The van der Waals surface area contributed by atoms with Crippen LogP contribution in [0.1, 0.15) is 37.9 Å². The fourth-order valence-corrected chi connectivity index (χ4v) is 5.36. The van der Waals surface area contributed by atoms with E-state index >= 15 is 0 Å². The van der Waals surface area contributed by atoms with E-state index < -0.39 is 6.04 Å². The molecule has 4 rings (SSSR count). The second-order valence-corrected chi connectivity index (χ2v) is 9.70. The molecule has 0 aliphatic carbocycles. The van der Waals surface area contributed by atoms with Crippen molar-refractivity contribution in [3.05, 3.63) is 94.6 Å².